The minimum atomic E-state index is -1.74. The Labute approximate surface area is 306 Å². The Hall–Kier alpha value is -5.51. The van der Waals surface area contributed by atoms with Crippen molar-refractivity contribution in [3.8, 4) is 11.1 Å². The molecule has 1 heterocycles. The number of rotatable bonds is 12. The van der Waals surface area contributed by atoms with Crippen molar-refractivity contribution in [1.82, 2.24) is 10.6 Å². The maximum absolute atomic E-state index is 13.5. The van der Waals surface area contributed by atoms with Gasteiger partial charge in [0.25, 0.3) is 0 Å². The summed E-state index contributed by atoms with van der Waals surface area (Å²) in [5.74, 6) is -5.45. The van der Waals surface area contributed by atoms with Crippen molar-refractivity contribution < 1.29 is 66.7 Å². The van der Waals surface area contributed by atoms with E-state index in [1.807, 2.05) is 48.5 Å². The van der Waals surface area contributed by atoms with Crippen LogP contribution in [0.1, 0.15) is 71.9 Å². The smallest absolute Gasteiger partial charge is 0.407 e. The third kappa shape index (κ3) is 11.0. The lowest BCUT2D eigenvalue weighted by atomic mass is 9.96. The molecule has 1 aliphatic heterocycles. The lowest BCUT2D eigenvalue weighted by molar-refractivity contribution is -0.271. The Bertz CT molecular complexity index is 1670. The van der Waals surface area contributed by atoms with Gasteiger partial charge in [-0.25, -0.2) is 9.59 Å². The van der Waals surface area contributed by atoms with Crippen molar-refractivity contribution in [3.63, 3.8) is 0 Å². The number of hydrogen-bond donors (Lipinski definition) is 2. The summed E-state index contributed by atoms with van der Waals surface area (Å²) in [4.78, 5) is 88.1. The van der Waals surface area contributed by atoms with Crippen LogP contribution in [0.15, 0.2) is 48.5 Å². The van der Waals surface area contributed by atoms with E-state index in [-0.39, 0.29) is 12.5 Å². The van der Waals surface area contributed by atoms with Gasteiger partial charge in [-0.3, -0.25) is 24.0 Å². The number of benzene rings is 2. The molecule has 286 valence electrons. The molecule has 0 bridgehead atoms. The van der Waals surface area contributed by atoms with Crippen molar-refractivity contribution in [2.75, 3.05) is 13.2 Å². The van der Waals surface area contributed by atoms with Crippen molar-refractivity contribution in [2.24, 2.45) is 0 Å². The molecule has 2 amide bonds. The Morgan fingerprint density at radius 3 is 1.83 bits per heavy atom. The highest BCUT2D eigenvalue weighted by molar-refractivity contribution is 5.87. The van der Waals surface area contributed by atoms with E-state index in [9.17, 15) is 33.6 Å². The van der Waals surface area contributed by atoms with Gasteiger partial charge in [0.05, 0.1) is 6.42 Å². The first-order chi connectivity index (χ1) is 24.9. The number of amides is 2. The van der Waals surface area contributed by atoms with Gasteiger partial charge in [-0.2, -0.15) is 0 Å². The summed E-state index contributed by atoms with van der Waals surface area (Å²) in [5, 5.41) is 4.88. The van der Waals surface area contributed by atoms with Crippen LogP contribution in [-0.2, 0) is 61.9 Å². The van der Waals surface area contributed by atoms with E-state index < -0.39 is 97.2 Å². The molecule has 16 nitrogen and oxygen atoms in total. The van der Waals surface area contributed by atoms with Gasteiger partial charge in [0.2, 0.25) is 12.2 Å². The molecular formula is C37H44N2O14. The third-order valence-corrected chi connectivity index (χ3v) is 8.02. The second-order valence-electron chi connectivity index (χ2n) is 13.5. The number of carbonyl (C=O) groups is 7. The fraction of sp³-hybridized carbons (Fsp3) is 0.486. The van der Waals surface area contributed by atoms with Crippen LogP contribution in [0.2, 0.25) is 0 Å². The molecule has 2 aromatic rings. The Morgan fingerprint density at radius 1 is 0.736 bits per heavy atom. The van der Waals surface area contributed by atoms with E-state index in [2.05, 4.69) is 10.6 Å². The molecule has 2 aromatic carbocycles. The van der Waals surface area contributed by atoms with Gasteiger partial charge < -0.3 is 43.8 Å². The van der Waals surface area contributed by atoms with Crippen LogP contribution in [-0.4, -0.2) is 97.3 Å². The summed E-state index contributed by atoms with van der Waals surface area (Å²) >= 11 is 0. The quantitative estimate of drug-likeness (QED) is 0.237. The SMILES string of the molecule is CC(=O)N[C@H]1[C@H](OC(=O)C[C@H](NC(=O)OCC2c3ccccc3-c3ccccc32)C(=O)OC(C)(C)C)O[C@H](COC(C)=O)[C@@H](OC(C)=O)[C@@H]1OC(C)=O. The van der Waals surface area contributed by atoms with Crippen molar-refractivity contribution in [2.45, 2.75) is 103 Å². The predicted octanol–water partition coefficient (Wildman–Crippen LogP) is 2.82. The summed E-state index contributed by atoms with van der Waals surface area (Å²) in [6, 6.07) is 12.4. The summed E-state index contributed by atoms with van der Waals surface area (Å²) in [6.07, 6.45) is -7.82. The van der Waals surface area contributed by atoms with Crippen LogP contribution < -0.4 is 10.6 Å². The zero-order chi connectivity index (χ0) is 39.0. The lowest BCUT2D eigenvalue weighted by Gasteiger charge is -2.44. The number of esters is 5. The Balaban J connectivity index is 1.54. The van der Waals surface area contributed by atoms with Crippen LogP contribution in [0.25, 0.3) is 11.1 Å². The molecule has 16 heteroatoms. The molecule has 0 unspecified atom stereocenters. The van der Waals surface area contributed by atoms with Crippen LogP contribution >= 0.6 is 0 Å². The van der Waals surface area contributed by atoms with Gasteiger partial charge in [-0.05, 0) is 43.0 Å². The number of hydrogen-bond acceptors (Lipinski definition) is 14. The molecule has 1 aliphatic carbocycles. The maximum atomic E-state index is 13.5. The summed E-state index contributed by atoms with van der Waals surface area (Å²) in [5.41, 5.74) is 2.94. The first-order valence-corrected chi connectivity index (χ1v) is 16.9. The number of fused-ring (bicyclic) bond motifs is 3. The van der Waals surface area contributed by atoms with E-state index in [0.29, 0.717) is 0 Å². The monoisotopic (exact) mass is 740 g/mol. The Morgan fingerprint density at radius 2 is 1.30 bits per heavy atom. The molecule has 0 spiro atoms. The highest BCUT2D eigenvalue weighted by Crippen LogP contribution is 2.44. The standard InChI is InChI=1S/C37H44N2O14/c1-19(40)38-31-33(50-22(4)43)32(49-21(3)42)29(18-47-20(2)41)51-35(31)52-30(44)16-28(34(45)53-37(5,6)7)39-36(46)48-17-27-25-14-10-8-12-23(25)24-13-9-11-15-26(24)27/h8-15,27-29,31-33,35H,16-18H2,1-7H3,(H,38,40)(H,39,46)/t28-,29+,31+,32+,33+,35-/m0/s1. The largest absolute Gasteiger partial charge is 0.463 e. The summed E-state index contributed by atoms with van der Waals surface area (Å²) < 4.78 is 38.3. The lowest BCUT2D eigenvalue weighted by Crippen LogP contribution is -2.66. The van der Waals surface area contributed by atoms with E-state index in [0.717, 1.165) is 49.9 Å². The van der Waals surface area contributed by atoms with E-state index in [1.165, 1.54) is 0 Å². The molecule has 6 atom stereocenters. The average molecular weight is 741 g/mol. The number of alkyl carbamates (subject to hydrolysis) is 1. The fourth-order valence-electron chi connectivity index (χ4n) is 6.08. The van der Waals surface area contributed by atoms with Crippen LogP contribution in [0, 0.1) is 0 Å². The van der Waals surface area contributed by atoms with Gasteiger partial charge in [-0.15, -0.1) is 0 Å². The number of ether oxygens (including phenoxy) is 7. The van der Waals surface area contributed by atoms with E-state index in [1.54, 1.807) is 20.8 Å². The molecule has 1 fully saturated rings. The molecule has 0 aromatic heterocycles. The minimum absolute atomic E-state index is 0.0790. The zero-order valence-electron chi connectivity index (χ0n) is 30.5. The zero-order valence-corrected chi connectivity index (χ0v) is 30.5. The molecule has 53 heavy (non-hydrogen) atoms. The molecular weight excluding hydrogens is 696 g/mol. The normalized spacial score (nSPS) is 21.1. The summed E-state index contributed by atoms with van der Waals surface area (Å²) in [6.45, 7) is 8.57. The van der Waals surface area contributed by atoms with E-state index >= 15 is 0 Å². The highest BCUT2D eigenvalue weighted by atomic mass is 16.7. The highest BCUT2D eigenvalue weighted by Gasteiger charge is 2.52. The fourth-order valence-corrected chi connectivity index (χ4v) is 6.08. The molecule has 1 saturated heterocycles. The number of nitrogens with one attached hydrogen (secondary N) is 2. The summed E-state index contributed by atoms with van der Waals surface area (Å²) in [7, 11) is 0. The first kappa shape index (κ1) is 40.3. The molecule has 0 radical (unpaired) electrons. The minimum Gasteiger partial charge on any atom is -0.463 e. The van der Waals surface area contributed by atoms with Crippen molar-refractivity contribution in [1.29, 1.82) is 0 Å². The Kier molecular flexibility index (Phi) is 13.2. The molecule has 4 rings (SSSR count). The maximum Gasteiger partial charge on any atom is 0.407 e. The topological polar surface area (TPSA) is 208 Å². The third-order valence-electron chi connectivity index (χ3n) is 8.02. The van der Waals surface area contributed by atoms with Gasteiger partial charge >= 0.3 is 35.9 Å². The second kappa shape index (κ2) is 17.3. The van der Waals surface area contributed by atoms with Crippen LogP contribution in [0.5, 0.6) is 0 Å². The van der Waals surface area contributed by atoms with Crippen LogP contribution in [0.3, 0.4) is 0 Å². The average Bonchev–Trinajstić information content (AvgIpc) is 3.37. The van der Waals surface area contributed by atoms with Gasteiger partial charge in [0.1, 0.15) is 37.0 Å². The van der Waals surface area contributed by atoms with Gasteiger partial charge in [0.15, 0.2) is 12.2 Å². The number of carbonyl (C=O) groups excluding carboxylic acids is 7. The van der Waals surface area contributed by atoms with Gasteiger partial charge in [0, 0.05) is 33.6 Å². The second-order valence-corrected chi connectivity index (χ2v) is 13.5. The van der Waals surface area contributed by atoms with Crippen molar-refractivity contribution in [3.05, 3.63) is 59.7 Å². The van der Waals surface area contributed by atoms with Crippen LogP contribution in [0.4, 0.5) is 4.79 Å². The predicted molar refractivity (Wildman–Crippen MR) is 183 cm³/mol. The molecule has 2 N–H and O–H groups in total. The first-order valence-electron chi connectivity index (χ1n) is 16.9. The van der Waals surface area contributed by atoms with Gasteiger partial charge in [-0.1, -0.05) is 48.5 Å². The molecule has 2 aliphatic rings. The van der Waals surface area contributed by atoms with Crippen molar-refractivity contribution >= 4 is 41.8 Å². The molecule has 0 saturated carbocycles. The van der Waals surface area contributed by atoms with E-state index in [4.69, 9.17) is 33.2 Å².